The highest BCUT2D eigenvalue weighted by Crippen LogP contribution is 2.32. The van der Waals surface area contributed by atoms with E-state index in [0.29, 0.717) is 10.9 Å². The van der Waals surface area contributed by atoms with E-state index >= 15 is 0 Å². The molecule has 1 aromatic carbocycles. The SMILES string of the molecule is COc1cc(C(C)C)c(CN(C)C)cc1Cl. The highest BCUT2D eigenvalue weighted by molar-refractivity contribution is 6.32. The van der Waals surface area contributed by atoms with E-state index in [1.54, 1.807) is 7.11 Å². The lowest BCUT2D eigenvalue weighted by atomic mass is 9.96. The van der Waals surface area contributed by atoms with Crippen LogP contribution < -0.4 is 4.74 Å². The number of halogens is 1. The summed E-state index contributed by atoms with van der Waals surface area (Å²) in [4.78, 5) is 2.14. The minimum Gasteiger partial charge on any atom is -0.495 e. The van der Waals surface area contributed by atoms with Crippen LogP contribution in [0.15, 0.2) is 12.1 Å². The van der Waals surface area contributed by atoms with Crippen molar-refractivity contribution in [2.24, 2.45) is 0 Å². The molecule has 0 radical (unpaired) electrons. The van der Waals surface area contributed by atoms with Gasteiger partial charge in [-0.25, -0.2) is 0 Å². The molecule has 0 N–H and O–H groups in total. The first-order chi connectivity index (χ1) is 7.45. The first kappa shape index (κ1) is 13.3. The third-order valence-corrected chi connectivity index (χ3v) is 2.82. The molecular weight excluding hydrogens is 222 g/mol. The summed E-state index contributed by atoms with van der Waals surface area (Å²) < 4.78 is 5.25. The van der Waals surface area contributed by atoms with Gasteiger partial charge in [0, 0.05) is 6.54 Å². The molecule has 0 heterocycles. The normalized spacial score (nSPS) is 11.2. The minimum absolute atomic E-state index is 0.473. The van der Waals surface area contributed by atoms with Crippen molar-refractivity contribution in [3.8, 4) is 5.75 Å². The van der Waals surface area contributed by atoms with Gasteiger partial charge in [0.15, 0.2) is 0 Å². The predicted molar refractivity (Wildman–Crippen MR) is 69.5 cm³/mol. The summed E-state index contributed by atoms with van der Waals surface area (Å²) in [7, 11) is 5.77. The standard InChI is InChI=1S/C13H20ClNO/c1-9(2)11-7-13(16-5)12(14)6-10(11)8-15(3)4/h6-7,9H,8H2,1-5H3. The Labute approximate surface area is 103 Å². The van der Waals surface area contributed by atoms with Gasteiger partial charge in [0.05, 0.1) is 12.1 Å². The molecule has 0 fully saturated rings. The van der Waals surface area contributed by atoms with Crippen molar-refractivity contribution >= 4 is 11.6 Å². The van der Waals surface area contributed by atoms with Crippen molar-refractivity contribution < 1.29 is 4.74 Å². The highest BCUT2D eigenvalue weighted by atomic mass is 35.5. The summed E-state index contributed by atoms with van der Waals surface area (Å²) in [6.07, 6.45) is 0. The Balaban J connectivity index is 3.19. The lowest BCUT2D eigenvalue weighted by molar-refractivity contribution is 0.396. The summed E-state index contributed by atoms with van der Waals surface area (Å²) in [5.74, 6) is 1.23. The maximum atomic E-state index is 6.15. The Kier molecular flexibility index (Phi) is 4.63. The van der Waals surface area contributed by atoms with E-state index in [1.807, 2.05) is 12.1 Å². The Bertz CT molecular complexity index is 361. The van der Waals surface area contributed by atoms with Gasteiger partial charge in [-0.3, -0.25) is 0 Å². The molecule has 0 aromatic heterocycles. The van der Waals surface area contributed by atoms with Gasteiger partial charge in [-0.1, -0.05) is 25.4 Å². The highest BCUT2D eigenvalue weighted by Gasteiger charge is 2.12. The topological polar surface area (TPSA) is 12.5 Å². The maximum absolute atomic E-state index is 6.15. The number of hydrogen-bond acceptors (Lipinski definition) is 2. The van der Waals surface area contributed by atoms with Crippen LogP contribution in [0.3, 0.4) is 0 Å². The lowest BCUT2D eigenvalue weighted by Gasteiger charge is -2.18. The van der Waals surface area contributed by atoms with Gasteiger partial charge in [-0.05, 0) is 43.3 Å². The van der Waals surface area contributed by atoms with Crippen molar-refractivity contribution in [2.45, 2.75) is 26.3 Å². The van der Waals surface area contributed by atoms with Gasteiger partial charge in [0.2, 0.25) is 0 Å². The number of ether oxygens (including phenoxy) is 1. The molecule has 0 atom stereocenters. The molecular formula is C13H20ClNO. The van der Waals surface area contributed by atoms with Gasteiger partial charge in [-0.15, -0.1) is 0 Å². The number of hydrogen-bond donors (Lipinski definition) is 0. The van der Waals surface area contributed by atoms with Crippen molar-refractivity contribution in [3.05, 3.63) is 28.3 Å². The number of benzene rings is 1. The van der Waals surface area contributed by atoms with Crippen molar-refractivity contribution in [1.29, 1.82) is 0 Å². The first-order valence-corrected chi connectivity index (χ1v) is 5.84. The fourth-order valence-corrected chi connectivity index (χ4v) is 2.05. The molecule has 0 amide bonds. The van der Waals surface area contributed by atoms with E-state index in [0.717, 1.165) is 12.3 Å². The van der Waals surface area contributed by atoms with Crippen LogP contribution in [0.2, 0.25) is 5.02 Å². The average molecular weight is 242 g/mol. The smallest absolute Gasteiger partial charge is 0.137 e. The molecule has 0 aliphatic heterocycles. The van der Waals surface area contributed by atoms with Crippen LogP contribution in [0.1, 0.15) is 30.9 Å². The van der Waals surface area contributed by atoms with Crippen LogP contribution in [-0.4, -0.2) is 26.1 Å². The molecule has 2 nitrogen and oxygen atoms in total. The third-order valence-electron chi connectivity index (χ3n) is 2.52. The fraction of sp³-hybridized carbons (Fsp3) is 0.538. The van der Waals surface area contributed by atoms with E-state index in [2.05, 4.69) is 32.8 Å². The predicted octanol–water partition coefficient (Wildman–Crippen LogP) is 3.53. The van der Waals surface area contributed by atoms with Crippen LogP contribution >= 0.6 is 11.6 Å². The van der Waals surface area contributed by atoms with Gasteiger partial charge < -0.3 is 9.64 Å². The Morgan fingerprint density at radius 1 is 1.31 bits per heavy atom. The molecule has 90 valence electrons. The van der Waals surface area contributed by atoms with E-state index in [4.69, 9.17) is 16.3 Å². The van der Waals surface area contributed by atoms with Crippen LogP contribution in [0.4, 0.5) is 0 Å². The van der Waals surface area contributed by atoms with Crippen LogP contribution in [0, 0.1) is 0 Å². The third kappa shape index (κ3) is 3.13. The van der Waals surface area contributed by atoms with Gasteiger partial charge >= 0.3 is 0 Å². The van der Waals surface area contributed by atoms with E-state index in [9.17, 15) is 0 Å². The summed E-state index contributed by atoms with van der Waals surface area (Å²) in [6, 6.07) is 4.06. The summed E-state index contributed by atoms with van der Waals surface area (Å²) in [5.41, 5.74) is 2.57. The summed E-state index contributed by atoms with van der Waals surface area (Å²) in [6.45, 7) is 5.26. The molecule has 16 heavy (non-hydrogen) atoms. The van der Waals surface area contributed by atoms with E-state index in [1.165, 1.54) is 11.1 Å². The van der Waals surface area contributed by atoms with Crippen LogP contribution in [-0.2, 0) is 6.54 Å². The molecule has 3 heteroatoms. The second kappa shape index (κ2) is 5.55. The van der Waals surface area contributed by atoms with E-state index < -0.39 is 0 Å². The van der Waals surface area contributed by atoms with Crippen molar-refractivity contribution in [1.82, 2.24) is 4.90 Å². The largest absolute Gasteiger partial charge is 0.495 e. The van der Waals surface area contributed by atoms with Gasteiger partial charge in [0.1, 0.15) is 5.75 Å². The molecule has 0 aliphatic rings. The Morgan fingerprint density at radius 3 is 2.38 bits per heavy atom. The van der Waals surface area contributed by atoms with Gasteiger partial charge in [0.25, 0.3) is 0 Å². The zero-order chi connectivity index (χ0) is 12.3. The molecule has 0 saturated heterocycles. The average Bonchev–Trinajstić information content (AvgIpc) is 2.16. The second-order valence-electron chi connectivity index (χ2n) is 4.58. The zero-order valence-electron chi connectivity index (χ0n) is 10.7. The maximum Gasteiger partial charge on any atom is 0.137 e. The molecule has 0 saturated carbocycles. The molecule has 0 spiro atoms. The van der Waals surface area contributed by atoms with Crippen molar-refractivity contribution in [2.75, 3.05) is 21.2 Å². The molecule has 1 aromatic rings. The summed E-state index contributed by atoms with van der Waals surface area (Å²) >= 11 is 6.15. The molecule has 0 bridgehead atoms. The van der Waals surface area contributed by atoms with Crippen LogP contribution in [0.5, 0.6) is 5.75 Å². The molecule has 0 unspecified atom stereocenters. The fourth-order valence-electron chi connectivity index (χ4n) is 1.78. The second-order valence-corrected chi connectivity index (χ2v) is 4.99. The lowest BCUT2D eigenvalue weighted by Crippen LogP contribution is -2.13. The Hall–Kier alpha value is -0.730. The summed E-state index contributed by atoms with van der Waals surface area (Å²) in [5, 5.41) is 0.684. The zero-order valence-corrected chi connectivity index (χ0v) is 11.4. The van der Waals surface area contributed by atoms with Crippen LogP contribution in [0.25, 0.3) is 0 Å². The minimum atomic E-state index is 0.473. The quantitative estimate of drug-likeness (QED) is 0.800. The Morgan fingerprint density at radius 2 is 1.94 bits per heavy atom. The molecule has 0 aliphatic carbocycles. The number of rotatable bonds is 4. The van der Waals surface area contributed by atoms with Gasteiger partial charge in [-0.2, -0.15) is 0 Å². The number of methoxy groups -OCH3 is 1. The van der Waals surface area contributed by atoms with E-state index in [-0.39, 0.29) is 0 Å². The molecule has 1 rings (SSSR count). The van der Waals surface area contributed by atoms with Crippen molar-refractivity contribution in [3.63, 3.8) is 0 Å². The first-order valence-electron chi connectivity index (χ1n) is 5.46. The monoisotopic (exact) mass is 241 g/mol. The number of nitrogens with zero attached hydrogens (tertiary/aromatic N) is 1.